The summed E-state index contributed by atoms with van der Waals surface area (Å²) < 4.78 is 6.24. The van der Waals surface area contributed by atoms with E-state index >= 15 is 0 Å². The summed E-state index contributed by atoms with van der Waals surface area (Å²) >= 11 is 0. The average Bonchev–Trinajstić information content (AvgIpc) is 3.71. The van der Waals surface area contributed by atoms with Crippen LogP contribution in [0.25, 0.3) is 0 Å². The van der Waals surface area contributed by atoms with Crippen LogP contribution in [0.15, 0.2) is 29.8 Å². The van der Waals surface area contributed by atoms with Gasteiger partial charge in [0.25, 0.3) is 0 Å². The van der Waals surface area contributed by atoms with Crippen LogP contribution in [0.2, 0.25) is 0 Å². The zero-order chi connectivity index (χ0) is 42.2. The van der Waals surface area contributed by atoms with E-state index in [9.17, 15) is 40.2 Å². The van der Waals surface area contributed by atoms with Gasteiger partial charge in [0.2, 0.25) is 0 Å². The lowest BCUT2D eigenvalue weighted by atomic mass is 9.35. The Morgan fingerprint density at radius 3 is 2.53 bits per heavy atom. The van der Waals surface area contributed by atoms with Crippen LogP contribution in [-0.2, 0) is 27.4 Å². The molecule has 0 radical (unpaired) electrons. The lowest BCUT2D eigenvalue weighted by molar-refractivity contribution is -0.343. The van der Waals surface area contributed by atoms with Gasteiger partial charge in [0.1, 0.15) is 18.0 Å². The average molecular weight is 816 g/mol. The third-order valence-corrected chi connectivity index (χ3v) is 18.0. The standard InChI is InChI=1S/C49H69NO9/c1-5-6-7-12-32-23-44(28-52)41-17-19-45-18-9-8-11-31-13-10-14-33(27-51)36(31)21-39(50-4)37-20-35(46(45,29-53)38-22-42(55)59-43(37)38)25-49(45,58)48(41,57)24-34(16-15-30(2)3)47(44,56)26-40(32)54/h10,13-14,22,28,30,32,34-35,37,39-41,43,50-51,53-54,56-58H,5-7,9,12,15-21,23-27,29H2,1-4H3/t32-,34+,35-,37+,39+,40+,41+,43-,44-,45+,46+,47+,48-,49+/m0/s1. The van der Waals surface area contributed by atoms with Crippen molar-refractivity contribution in [2.75, 3.05) is 13.7 Å². The summed E-state index contributed by atoms with van der Waals surface area (Å²) in [6.45, 7) is 5.87. The fourth-order valence-electron chi connectivity index (χ4n) is 15.4. The first-order valence-electron chi connectivity index (χ1n) is 22.9. The lowest BCUT2D eigenvalue weighted by Crippen LogP contribution is -2.80. The van der Waals surface area contributed by atoms with E-state index in [1.807, 2.05) is 25.2 Å². The number of hydrogen-bond acceptors (Lipinski definition) is 10. The number of ether oxygens (including phenoxy) is 1. The quantitative estimate of drug-likeness (QED) is 0.0704. The molecule has 14 atom stereocenters. The van der Waals surface area contributed by atoms with Gasteiger partial charge < -0.3 is 45.5 Å². The van der Waals surface area contributed by atoms with Gasteiger partial charge in [-0.2, -0.15) is 0 Å². The van der Waals surface area contributed by atoms with Gasteiger partial charge in [-0.1, -0.05) is 70.4 Å². The van der Waals surface area contributed by atoms with E-state index in [-0.39, 0.29) is 68.6 Å². The highest BCUT2D eigenvalue weighted by Gasteiger charge is 2.85. The van der Waals surface area contributed by atoms with Crippen LogP contribution in [0, 0.1) is 63.6 Å². The van der Waals surface area contributed by atoms with Crippen molar-refractivity contribution in [1.82, 2.24) is 5.32 Å². The Morgan fingerprint density at radius 1 is 1.03 bits per heavy atom. The van der Waals surface area contributed by atoms with Crippen molar-refractivity contribution in [1.29, 1.82) is 0 Å². The number of likely N-dealkylation sites (N-methyl/N-ethyl adjacent to an activating group) is 1. The van der Waals surface area contributed by atoms with Crippen LogP contribution >= 0.6 is 0 Å². The number of rotatable bonds is 11. The molecule has 0 unspecified atom stereocenters. The van der Waals surface area contributed by atoms with Crippen molar-refractivity contribution >= 4 is 12.3 Å². The Morgan fingerprint density at radius 2 is 1.83 bits per heavy atom. The number of aliphatic hydroxyl groups is 6. The van der Waals surface area contributed by atoms with Crippen molar-refractivity contribution in [3.8, 4) is 11.8 Å². The lowest BCUT2D eigenvalue weighted by Gasteiger charge is -2.72. The second-order valence-corrected chi connectivity index (χ2v) is 20.5. The van der Waals surface area contributed by atoms with Crippen molar-refractivity contribution < 1.29 is 45.0 Å². The smallest absolute Gasteiger partial charge is 0.331 e. The largest absolute Gasteiger partial charge is 0.454 e. The molecule has 0 saturated heterocycles. The highest BCUT2D eigenvalue weighted by Crippen LogP contribution is 2.80. The van der Waals surface area contributed by atoms with Gasteiger partial charge in [0.05, 0.1) is 35.9 Å². The highest BCUT2D eigenvalue weighted by molar-refractivity contribution is 5.87. The number of benzene rings is 1. The second-order valence-electron chi connectivity index (χ2n) is 20.5. The molecule has 5 fully saturated rings. The third-order valence-electron chi connectivity index (χ3n) is 18.0. The summed E-state index contributed by atoms with van der Waals surface area (Å²) in [7, 11) is 1.89. The molecular weight excluding hydrogens is 747 g/mol. The molecule has 0 amide bonds. The van der Waals surface area contributed by atoms with Crippen LogP contribution in [0.3, 0.4) is 0 Å². The highest BCUT2D eigenvalue weighted by atomic mass is 16.5. The van der Waals surface area contributed by atoms with Crippen molar-refractivity contribution in [2.45, 2.75) is 165 Å². The van der Waals surface area contributed by atoms with Crippen LogP contribution in [0.1, 0.15) is 134 Å². The van der Waals surface area contributed by atoms with Crippen molar-refractivity contribution in [3.63, 3.8) is 0 Å². The predicted molar refractivity (Wildman–Crippen MR) is 222 cm³/mol. The zero-order valence-corrected chi connectivity index (χ0v) is 35.7. The fourth-order valence-corrected chi connectivity index (χ4v) is 15.4. The first-order valence-corrected chi connectivity index (χ1v) is 22.9. The van der Waals surface area contributed by atoms with Crippen LogP contribution in [0.5, 0.6) is 0 Å². The summed E-state index contributed by atoms with van der Waals surface area (Å²) in [6.07, 6.45) is 8.67. The Bertz CT molecular complexity index is 1890. The van der Waals surface area contributed by atoms with E-state index in [1.54, 1.807) is 6.08 Å². The van der Waals surface area contributed by atoms with Gasteiger partial charge in [-0.15, -0.1) is 0 Å². The van der Waals surface area contributed by atoms with Gasteiger partial charge in [-0.05, 0) is 118 Å². The molecular formula is C49H69NO9. The molecule has 1 aromatic carbocycles. The Hall–Kier alpha value is -2.62. The number of hydrogen-bond donors (Lipinski definition) is 7. The zero-order valence-electron chi connectivity index (χ0n) is 35.7. The molecule has 324 valence electrons. The normalized spacial score (nSPS) is 44.6. The number of carbonyl (C=O) groups excluding carboxylic acids is 2. The molecule has 7 N–H and O–H groups in total. The van der Waals surface area contributed by atoms with Gasteiger partial charge in [-0.3, -0.25) is 0 Å². The summed E-state index contributed by atoms with van der Waals surface area (Å²) in [5.41, 5.74) is -5.76. The molecule has 8 rings (SSSR count). The van der Waals surface area contributed by atoms with Crippen LogP contribution in [0.4, 0.5) is 0 Å². The Labute approximate surface area is 350 Å². The molecule has 5 saturated carbocycles. The predicted octanol–water partition coefficient (Wildman–Crippen LogP) is 4.91. The second kappa shape index (κ2) is 15.6. The van der Waals surface area contributed by atoms with Gasteiger partial charge in [-0.25, -0.2) is 4.79 Å². The first kappa shape index (κ1) is 43.0. The molecule has 0 aromatic heterocycles. The molecule has 1 aromatic rings. The third kappa shape index (κ3) is 5.91. The number of fused-ring (bicyclic) bond motifs is 8. The molecule has 1 heterocycles. The Balaban J connectivity index is 1.33. The minimum absolute atomic E-state index is 0.0552. The summed E-state index contributed by atoms with van der Waals surface area (Å²) in [4.78, 5) is 27.8. The minimum Gasteiger partial charge on any atom is -0.454 e. The summed E-state index contributed by atoms with van der Waals surface area (Å²) in [6, 6.07) is 5.54. The molecule has 7 aliphatic rings. The Kier molecular flexibility index (Phi) is 11.4. The molecule has 1 spiro atoms. The fraction of sp³-hybridized carbons (Fsp3) is 0.755. The molecule has 1 aliphatic heterocycles. The molecule has 4 bridgehead atoms. The molecule has 10 nitrogen and oxygen atoms in total. The number of aldehydes is 1. The number of unbranched alkanes of at least 4 members (excludes halogenated alkanes) is 2. The van der Waals surface area contributed by atoms with E-state index in [0.29, 0.717) is 56.9 Å². The maximum atomic E-state index is 14.2. The van der Waals surface area contributed by atoms with E-state index in [1.165, 1.54) is 0 Å². The number of carbonyl (C=O) groups is 2. The van der Waals surface area contributed by atoms with E-state index < -0.39 is 63.1 Å². The topological polar surface area (TPSA) is 177 Å². The molecule has 10 heteroatoms. The summed E-state index contributed by atoms with van der Waals surface area (Å²) in [5, 5.41) is 79.2. The molecule has 6 aliphatic carbocycles. The number of esters is 1. The summed E-state index contributed by atoms with van der Waals surface area (Å²) in [5.74, 6) is 4.39. The van der Waals surface area contributed by atoms with Gasteiger partial charge in [0, 0.05) is 53.2 Å². The van der Waals surface area contributed by atoms with Crippen molar-refractivity contribution in [2.24, 2.45) is 51.8 Å². The van der Waals surface area contributed by atoms with E-state index in [2.05, 4.69) is 37.9 Å². The van der Waals surface area contributed by atoms with Crippen molar-refractivity contribution in [3.05, 3.63) is 46.5 Å². The first-order chi connectivity index (χ1) is 28.2. The SMILES string of the molecule is CCCCC[C@H]1C[C@]2(C=O)[C@H]3CC[C@@]45CCC#Cc6cccc(CO)c6C[C@@H](NC)[C@H]6C[C@@H](C[C@]4(O)[C@]3(O)C[C@@H](CCC(C)C)[C@]2(O)C[C@H]1O)[C@]5(CO)C1=CC(=O)O[C@H]16. The number of aliphatic hydroxyl groups excluding tert-OH is 3. The number of nitrogens with one attached hydrogen (secondary N) is 1. The molecule has 59 heavy (non-hydrogen) atoms. The van der Waals surface area contributed by atoms with Crippen LogP contribution in [-0.4, -0.2) is 91.6 Å². The van der Waals surface area contributed by atoms with Crippen LogP contribution < -0.4 is 5.32 Å². The maximum absolute atomic E-state index is 14.2. The van der Waals surface area contributed by atoms with Gasteiger partial charge in [0.15, 0.2) is 0 Å². The minimum atomic E-state index is -1.85. The monoisotopic (exact) mass is 815 g/mol. The van der Waals surface area contributed by atoms with E-state index in [4.69, 9.17) is 4.74 Å². The van der Waals surface area contributed by atoms with E-state index in [0.717, 1.165) is 48.7 Å². The maximum Gasteiger partial charge on any atom is 0.331 e. The van der Waals surface area contributed by atoms with Gasteiger partial charge >= 0.3 is 5.97 Å².